The van der Waals surface area contributed by atoms with Crippen molar-refractivity contribution in [2.45, 2.75) is 31.3 Å². The Bertz CT molecular complexity index is 407. The molecule has 0 bridgehead atoms. The normalized spacial score (nSPS) is 17.3. The van der Waals surface area contributed by atoms with Gasteiger partial charge in [-0.15, -0.1) is 0 Å². The lowest BCUT2D eigenvalue weighted by Crippen LogP contribution is -2.41. The predicted octanol–water partition coefficient (Wildman–Crippen LogP) is 2.23. The van der Waals surface area contributed by atoms with Crippen LogP contribution in [0.1, 0.15) is 36.2 Å². The lowest BCUT2D eigenvalue weighted by atomic mass is 9.76. The van der Waals surface area contributed by atoms with Crippen molar-refractivity contribution in [1.29, 1.82) is 0 Å². The molecule has 1 aromatic heterocycles. The highest BCUT2D eigenvalue weighted by Crippen LogP contribution is 2.39. The molecule has 0 aromatic carbocycles. The van der Waals surface area contributed by atoms with E-state index in [4.69, 9.17) is 9.47 Å². The number of hydrogen-bond donors (Lipinski definition) is 0. The van der Waals surface area contributed by atoms with Crippen LogP contribution in [0.4, 0.5) is 0 Å². The molecule has 0 N–H and O–H groups in total. The third-order valence-corrected chi connectivity index (χ3v) is 3.44. The molecule has 2 rings (SSSR count). The van der Waals surface area contributed by atoms with Gasteiger partial charge in [0.05, 0.1) is 12.7 Å². The molecule has 92 valence electrons. The lowest BCUT2D eigenvalue weighted by Gasteiger charge is -2.39. The molecule has 0 spiro atoms. The van der Waals surface area contributed by atoms with Crippen molar-refractivity contribution in [3.63, 3.8) is 0 Å². The largest absolute Gasteiger partial charge is 0.494 e. The second-order valence-electron chi connectivity index (χ2n) is 4.39. The number of ether oxygens (including phenoxy) is 2. The first kappa shape index (κ1) is 12.0. The van der Waals surface area contributed by atoms with Crippen molar-refractivity contribution in [3.05, 3.63) is 24.0 Å². The number of methoxy groups -OCH3 is 2. The van der Waals surface area contributed by atoms with E-state index in [0.29, 0.717) is 17.9 Å². The summed E-state index contributed by atoms with van der Waals surface area (Å²) in [4.78, 5) is 16.3. The zero-order valence-electron chi connectivity index (χ0n) is 10.2. The number of pyridine rings is 1. The fourth-order valence-corrected chi connectivity index (χ4v) is 2.17. The van der Waals surface area contributed by atoms with Crippen LogP contribution in [0, 0.1) is 0 Å². The van der Waals surface area contributed by atoms with Crippen LogP contribution in [0.25, 0.3) is 0 Å². The van der Waals surface area contributed by atoms with Crippen LogP contribution in [-0.2, 0) is 4.74 Å². The number of ketones is 1. The third kappa shape index (κ3) is 2.31. The minimum absolute atomic E-state index is 0.0102. The molecule has 1 heterocycles. The fourth-order valence-electron chi connectivity index (χ4n) is 2.17. The monoisotopic (exact) mass is 235 g/mol. The highest BCUT2D eigenvalue weighted by atomic mass is 16.5. The maximum atomic E-state index is 12.2. The number of Topliss-reactive ketones (excluding diaryl/α,β-unsaturated/α-hetero) is 1. The van der Waals surface area contributed by atoms with Crippen molar-refractivity contribution in [3.8, 4) is 5.75 Å². The SMILES string of the molecule is COc1cccnc1C(=O)CC1(OC)CCC1. The number of aromatic nitrogens is 1. The maximum absolute atomic E-state index is 12.2. The zero-order valence-corrected chi connectivity index (χ0v) is 10.2. The molecule has 0 atom stereocenters. The van der Waals surface area contributed by atoms with Gasteiger partial charge in [0, 0.05) is 19.7 Å². The van der Waals surface area contributed by atoms with Crippen LogP contribution in [0.3, 0.4) is 0 Å². The summed E-state index contributed by atoms with van der Waals surface area (Å²) in [6.07, 6.45) is 5.02. The van der Waals surface area contributed by atoms with Crippen LogP contribution in [-0.4, -0.2) is 30.6 Å². The van der Waals surface area contributed by atoms with E-state index >= 15 is 0 Å². The first-order valence-corrected chi connectivity index (χ1v) is 5.78. The fraction of sp³-hybridized carbons (Fsp3) is 0.538. The van der Waals surface area contributed by atoms with E-state index in [1.807, 2.05) is 0 Å². The first-order valence-electron chi connectivity index (χ1n) is 5.78. The standard InChI is InChI=1S/C13H17NO3/c1-16-11-5-3-8-14-12(11)10(15)9-13(17-2)6-4-7-13/h3,5,8H,4,6-7,9H2,1-2H3. The van der Waals surface area contributed by atoms with E-state index in [1.165, 1.54) is 0 Å². The molecule has 4 heteroatoms. The Morgan fingerprint density at radius 3 is 2.76 bits per heavy atom. The number of carbonyl (C=O) groups is 1. The quantitative estimate of drug-likeness (QED) is 0.734. The Hall–Kier alpha value is -1.42. The van der Waals surface area contributed by atoms with E-state index in [0.717, 1.165) is 19.3 Å². The third-order valence-electron chi connectivity index (χ3n) is 3.44. The minimum Gasteiger partial charge on any atom is -0.494 e. The second kappa shape index (κ2) is 4.84. The van der Waals surface area contributed by atoms with Gasteiger partial charge in [0.25, 0.3) is 0 Å². The molecule has 0 aliphatic heterocycles. The number of nitrogens with zero attached hydrogens (tertiary/aromatic N) is 1. The molecule has 1 fully saturated rings. The summed E-state index contributed by atoms with van der Waals surface area (Å²) in [5.41, 5.74) is 0.137. The van der Waals surface area contributed by atoms with Crippen LogP contribution in [0.5, 0.6) is 5.75 Å². The van der Waals surface area contributed by atoms with Crippen molar-refractivity contribution < 1.29 is 14.3 Å². The van der Waals surface area contributed by atoms with Crippen LogP contribution in [0.2, 0.25) is 0 Å². The van der Waals surface area contributed by atoms with Gasteiger partial charge in [-0.05, 0) is 31.4 Å². The van der Waals surface area contributed by atoms with Gasteiger partial charge in [-0.2, -0.15) is 0 Å². The van der Waals surface area contributed by atoms with Crippen LogP contribution in [0.15, 0.2) is 18.3 Å². The molecular formula is C13H17NO3. The Morgan fingerprint density at radius 2 is 2.24 bits per heavy atom. The molecule has 1 aliphatic carbocycles. The number of carbonyl (C=O) groups excluding carboxylic acids is 1. The summed E-state index contributed by atoms with van der Waals surface area (Å²) >= 11 is 0. The second-order valence-corrected chi connectivity index (χ2v) is 4.39. The van der Waals surface area contributed by atoms with Gasteiger partial charge in [-0.25, -0.2) is 4.98 Å². The van der Waals surface area contributed by atoms with E-state index in [1.54, 1.807) is 32.5 Å². The molecule has 0 saturated heterocycles. The summed E-state index contributed by atoms with van der Waals surface area (Å²) in [5, 5.41) is 0. The van der Waals surface area contributed by atoms with Gasteiger partial charge in [-0.3, -0.25) is 4.79 Å². The Balaban J connectivity index is 2.14. The van der Waals surface area contributed by atoms with E-state index < -0.39 is 0 Å². The molecule has 0 unspecified atom stereocenters. The smallest absolute Gasteiger partial charge is 0.187 e. The van der Waals surface area contributed by atoms with Crippen LogP contribution >= 0.6 is 0 Å². The zero-order chi connectivity index (χ0) is 12.3. The highest BCUT2D eigenvalue weighted by molar-refractivity contribution is 5.97. The minimum atomic E-state index is -0.264. The maximum Gasteiger partial charge on any atom is 0.187 e. The van der Waals surface area contributed by atoms with Gasteiger partial charge in [0.15, 0.2) is 5.78 Å². The topological polar surface area (TPSA) is 48.4 Å². The molecule has 17 heavy (non-hydrogen) atoms. The molecular weight excluding hydrogens is 218 g/mol. The highest BCUT2D eigenvalue weighted by Gasteiger charge is 2.39. The molecule has 1 saturated carbocycles. The average Bonchev–Trinajstić information content (AvgIpc) is 2.33. The summed E-state index contributed by atoms with van der Waals surface area (Å²) in [6, 6.07) is 3.51. The number of rotatable bonds is 5. The van der Waals surface area contributed by atoms with Gasteiger partial charge < -0.3 is 9.47 Å². The van der Waals surface area contributed by atoms with Gasteiger partial charge >= 0.3 is 0 Å². The van der Waals surface area contributed by atoms with Crippen molar-refractivity contribution in [1.82, 2.24) is 4.98 Å². The Morgan fingerprint density at radius 1 is 1.47 bits per heavy atom. The Labute approximate surface area is 101 Å². The molecule has 1 aliphatic rings. The summed E-state index contributed by atoms with van der Waals surface area (Å²) < 4.78 is 10.6. The molecule has 0 amide bonds. The number of hydrogen-bond acceptors (Lipinski definition) is 4. The lowest BCUT2D eigenvalue weighted by molar-refractivity contribution is -0.0705. The molecule has 1 aromatic rings. The van der Waals surface area contributed by atoms with Crippen molar-refractivity contribution in [2.75, 3.05) is 14.2 Å². The van der Waals surface area contributed by atoms with Crippen LogP contribution < -0.4 is 4.74 Å². The first-order chi connectivity index (χ1) is 8.21. The molecule has 4 nitrogen and oxygen atoms in total. The summed E-state index contributed by atoms with van der Waals surface area (Å²) in [6.45, 7) is 0. The van der Waals surface area contributed by atoms with E-state index in [2.05, 4.69) is 4.98 Å². The summed E-state index contributed by atoms with van der Waals surface area (Å²) in [7, 11) is 3.21. The molecule has 0 radical (unpaired) electrons. The van der Waals surface area contributed by atoms with E-state index in [-0.39, 0.29) is 11.4 Å². The van der Waals surface area contributed by atoms with Gasteiger partial charge in [0.1, 0.15) is 11.4 Å². The van der Waals surface area contributed by atoms with Crippen molar-refractivity contribution >= 4 is 5.78 Å². The van der Waals surface area contributed by atoms with Gasteiger partial charge in [0.2, 0.25) is 0 Å². The van der Waals surface area contributed by atoms with Crippen molar-refractivity contribution in [2.24, 2.45) is 0 Å². The average molecular weight is 235 g/mol. The Kier molecular flexibility index (Phi) is 3.43. The van der Waals surface area contributed by atoms with Gasteiger partial charge in [-0.1, -0.05) is 0 Å². The summed E-state index contributed by atoms with van der Waals surface area (Å²) in [5.74, 6) is 0.520. The van der Waals surface area contributed by atoms with E-state index in [9.17, 15) is 4.79 Å². The predicted molar refractivity (Wildman–Crippen MR) is 63.3 cm³/mol.